The van der Waals surface area contributed by atoms with Crippen LogP contribution in [0.15, 0.2) is 54.6 Å². The quantitative estimate of drug-likeness (QED) is 0.651. The predicted molar refractivity (Wildman–Crippen MR) is 66.0 cm³/mol. The van der Waals surface area contributed by atoms with Crippen LogP contribution in [0.5, 0.6) is 0 Å². The minimum atomic E-state index is -0.303. The first kappa shape index (κ1) is 10.5. The molecule has 0 N–H and O–H groups in total. The van der Waals surface area contributed by atoms with Gasteiger partial charge in [-0.25, -0.2) is 0 Å². The summed E-state index contributed by atoms with van der Waals surface area (Å²) in [5.74, 6) is 0.381. The molecule has 0 saturated carbocycles. The van der Waals surface area contributed by atoms with Crippen molar-refractivity contribution in [2.75, 3.05) is 0 Å². The average Bonchev–Trinajstić information content (AvgIpc) is 2.31. The number of benzene rings is 1. The first-order chi connectivity index (χ1) is 7.21. The zero-order chi connectivity index (χ0) is 10.7. The first-order valence-electron chi connectivity index (χ1n) is 5.29. The van der Waals surface area contributed by atoms with Gasteiger partial charge in [-0.15, -0.1) is 11.6 Å². The van der Waals surface area contributed by atoms with Crippen LogP contribution in [0.1, 0.15) is 18.9 Å². The maximum Gasteiger partial charge on any atom is 0.0732 e. The van der Waals surface area contributed by atoms with E-state index in [0.29, 0.717) is 5.92 Å². The second-order valence-electron chi connectivity index (χ2n) is 4.10. The maximum atomic E-state index is 6.66. The van der Waals surface area contributed by atoms with E-state index >= 15 is 0 Å². The van der Waals surface area contributed by atoms with Gasteiger partial charge in [0.05, 0.1) is 4.87 Å². The number of allylic oxidation sites excluding steroid dienone is 4. The molecule has 1 heteroatoms. The lowest BCUT2D eigenvalue weighted by atomic mass is 9.83. The average molecular weight is 219 g/mol. The van der Waals surface area contributed by atoms with Crippen molar-refractivity contribution in [2.45, 2.75) is 18.2 Å². The fraction of sp³-hybridized carbons (Fsp3) is 0.286. The highest BCUT2D eigenvalue weighted by molar-refractivity contribution is 6.24. The second kappa shape index (κ2) is 4.24. The number of hydrogen-bond donors (Lipinski definition) is 0. The molecule has 2 atom stereocenters. The third-order valence-electron chi connectivity index (χ3n) is 3.02. The summed E-state index contributed by atoms with van der Waals surface area (Å²) in [6.45, 7) is 2.10. The van der Waals surface area contributed by atoms with Crippen molar-refractivity contribution in [3.8, 4) is 0 Å². The molecule has 78 valence electrons. The van der Waals surface area contributed by atoms with Crippen LogP contribution in [-0.2, 0) is 4.87 Å². The van der Waals surface area contributed by atoms with Gasteiger partial charge in [0.15, 0.2) is 0 Å². The molecule has 0 bridgehead atoms. The third-order valence-corrected chi connectivity index (χ3v) is 3.51. The summed E-state index contributed by atoms with van der Waals surface area (Å²) < 4.78 is 0. The molecule has 0 saturated heterocycles. The van der Waals surface area contributed by atoms with Crippen molar-refractivity contribution >= 4 is 11.6 Å². The van der Waals surface area contributed by atoms with Crippen molar-refractivity contribution in [1.29, 1.82) is 0 Å². The largest absolute Gasteiger partial charge is 0.114 e. The molecular weight excluding hydrogens is 204 g/mol. The van der Waals surface area contributed by atoms with Gasteiger partial charge in [-0.3, -0.25) is 0 Å². The van der Waals surface area contributed by atoms with E-state index in [-0.39, 0.29) is 4.87 Å². The molecule has 0 fully saturated rings. The molecule has 1 aliphatic rings. The molecule has 2 rings (SSSR count). The summed E-state index contributed by atoms with van der Waals surface area (Å²) in [6.07, 6.45) is 9.55. The van der Waals surface area contributed by atoms with E-state index in [9.17, 15) is 0 Å². The molecule has 0 aromatic heterocycles. The zero-order valence-electron chi connectivity index (χ0n) is 8.86. The summed E-state index contributed by atoms with van der Waals surface area (Å²) in [4.78, 5) is -0.303. The van der Waals surface area contributed by atoms with Crippen molar-refractivity contribution < 1.29 is 0 Å². The van der Waals surface area contributed by atoms with Gasteiger partial charge < -0.3 is 0 Å². The summed E-state index contributed by atoms with van der Waals surface area (Å²) >= 11 is 6.66. The molecule has 0 heterocycles. The Morgan fingerprint density at radius 2 is 1.93 bits per heavy atom. The van der Waals surface area contributed by atoms with Gasteiger partial charge in [-0.05, 0) is 18.9 Å². The molecule has 1 aromatic rings. The Balaban J connectivity index is 2.27. The van der Waals surface area contributed by atoms with E-state index in [1.54, 1.807) is 0 Å². The number of rotatable bonds is 2. The van der Waals surface area contributed by atoms with Crippen LogP contribution < -0.4 is 0 Å². The molecule has 0 aliphatic heterocycles. The van der Waals surface area contributed by atoms with E-state index in [1.807, 2.05) is 18.2 Å². The minimum Gasteiger partial charge on any atom is -0.114 e. The fourth-order valence-electron chi connectivity index (χ4n) is 1.96. The molecule has 15 heavy (non-hydrogen) atoms. The smallest absolute Gasteiger partial charge is 0.0732 e. The van der Waals surface area contributed by atoms with Crippen LogP contribution in [-0.4, -0.2) is 0 Å². The molecule has 0 nitrogen and oxygen atoms in total. The zero-order valence-corrected chi connectivity index (χ0v) is 9.61. The molecule has 0 radical (unpaired) electrons. The van der Waals surface area contributed by atoms with Crippen LogP contribution in [0.2, 0.25) is 0 Å². The predicted octanol–water partition coefficient (Wildman–Crippen LogP) is 4.27. The van der Waals surface area contributed by atoms with Gasteiger partial charge in [0.1, 0.15) is 0 Å². The maximum absolute atomic E-state index is 6.66. The summed E-state index contributed by atoms with van der Waals surface area (Å²) in [5, 5.41) is 0. The summed E-state index contributed by atoms with van der Waals surface area (Å²) in [7, 11) is 0. The van der Waals surface area contributed by atoms with E-state index in [0.717, 1.165) is 6.42 Å². The Bertz CT molecular complexity index is 374. The SMILES string of the molecule is CC(Cl)(c1ccccc1)C1C=CC=CC1. The first-order valence-corrected chi connectivity index (χ1v) is 5.67. The van der Waals surface area contributed by atoms with Gasteiger partial charge in [0, 0.05) is 5.92 Å². The Morgan fingerprint density at radius 3 is 2.53 bits per heavy atom. The second-order valence-corrected chi connectivity index (χ2v) is 4.88. The van der Waals surface area contributed by atoms with E-state index in [4.69, 9.17) is 11.6 Å². The molecule has 1 aromatic carbocycles. The normalized spacial score (nSPS) is 23.7. The molecule has 1 aliphatic carbocycles. The van der Waals surface area contributed by atoms with Crippen molar-refractivity contribution in [3.63, 3.8) is 0 Å². The van der Waals surface area contributed by atoms with Crippen molar-refractivity contribution in [2.24, 2.45) is 5.92 Å². The van der Waals surface area contributed by atoms with Gasteiger partial charge in [0.25, 0.3) is 0 Å². The van der Waals surface area contributed by atoms with Gasteiger partial charge in [-0.2, -0.15) is 0 Å². The lowest BCUT2D eigenvalue weighted by molar-refractivity contribution is 0.485. The topological polar surface area (TPSA) is 0 Å². The van der Waals surface area contributed by atoms with E-state index < -0.39 is 0 Å². The van der Waals surface area contributed by atoms with E-state index in [2.05, 4.69) is 43.4 Å². The Hall–Kier alpha value is -1.01. The minimum absolute atomic E-state index is 0.303. The highest BCUT2D eigenvalue weighted by Crippen LogP contribution is 2.40. The Kier molecular flexibility index (Phi) is 2.97. The van der Waals surface area contributed by atoms with Crippen LogP contribution in [0, 0.1) is 5.92 Å². The van der Waals surface area contributed by atoms with Crippen LogP contribution in [0.3, 0.4) is 0 Å². The Morgan fingerprint density at radius 1 is 1.20 bits per heavy atom. The standard InChI is InChI=1S/C14H15Cl/c1-14(15,12-8-4-2-5-9-12)13-10-6-3-7-11-13/h2-10,13H,11H2,1H3. The van der Waals surface area contributed by atoms with Crippen molar-refractivity contribution in [3.05, 3.63) is 60.2 Å². The van der Waals surface area contributed by atoms with Crippen molar-refractivity contribution in [1.82, 2.24) is 0 Å². The van der Waals surface area contributed by atoms with Gasteiger partial charge >= 0.3 is 0 Å². The number of halogens is 1. The van der Waals surface area contributed by atoms with Gasteiger partial charge in [0.2, 0.25) is 0 Å². The fourth-order valence-corrected chi connectivity index (χ4v) is 2.25. The third kappa shape index (κ3) is 2.15. The van der Waals surface area contributed by atoms with E-state index in [1.165, 1.54) is 5.56 Å². The number of alkyl halides is 1. The lowest BCUT2D eigenvalue weighted by Gasteiger charge is -2.31. The summed E-state index contributed by atoms with van der Waals surface area (Å²) in [5.41, 5.74) is 1.19. The lowest BCUT2D eigenvalue weighted by Crippen LogP contribution is -2.24. The van der Waals surface area contributed by atoms with Gasteiger partial charge in [-0.1, -0.05) is 54.6 Å². The summed E-state index contributed by atoms with van der Waals surface area (Å²) in [6, 6.07) is 10.3. The van der Waals surface area contributed by atoms with Crippen LogP contribution in [0.4, 0.5) is 0 Å². The molecule has 2 unspecified atom stereocenters. The number of hydrogen-bond acceptors (Lipinski definition) is 0. The monoisotopic (exact) mass is 218 g/mol. The molecule has 0 spiro atoms. The van der Waals surface area contributed by atoms with Crippen LogP contribution in [0.25, 0.3) is 0 Å². The Labute approximate surface area is 96.3 Å². The highest BCUT2D eigenvalue weighted by Gasteiger charge is 2.31. The molecular formula is C14H15Cl. The highest BCUT2D eigenvalue weighted by atomic mass is 35.5. The molecule has 0 amide bonds. The van der Waals surface area contributed by atoms with Crippen LogP contribution >= 0.6 is 11.6 Å².